The van der Waals surface area contributed by atoms with E-state index in [4.69, 9.17) is 4.74 Å². The van der Waals surface area contributed by atoms with E-state index in [1.807, 2.05) is 27.7 Å². The standard InChI is InChI=1S/C13H22N2O2/c1-5-6-17-12-9-14-8-10(15-12)7-11(16)13(2,3)4/h8-9,11,16H,5-7H2,1-4H3. The number of nitrogens with zero attached hydrogens (tertiary/aromatic N) is 2. The maximum Gasteiger partial charge on any atom is 0.232 e. The lowest BCUT2D eigenvalue weighted by atomic mass is 9.86. The Hall–Kier alpha value is -1.16. The second kappa shape index (κ2) is 5.96. The quantitative estimate of drug-likeness (QED) is 0.854. The summed E-state index contributed by atoms with van der Waals surface area (Å²) in [6, 6.07) is 0. The summed E-state index contributed by atoms with van der Waals surface area (Å²) in [6.07, 6.45) is 4.28. The molecule has 0 aromatic carbocycles. The van der Waals surface area contributed by atoms with Crippen LogP contribution in [0.4, 0.5) is 0 Å². The van der Waals surface area contributed by atoms with Crippen LogP contribution in [0.15, 0.2) is 12.4 Å². The van der Waals surface area contributed by atoms with Crippen LogP contribution in [0.1, 0.15) is 39.8 Å². The number of hydrogen-bond acceptors (Lipinski definition) is 4. The molecular weight excluding hydrogens is 216 g/mol. The first-order valence-electron chi connectivity index (χ1n) is 6.05. The maximum atomic E-state index is 10.00. The highest BCUT2D eigenvalue weighted by Gasteiger charge is 2.22. The van der Waals surface area contributed by atoms with Gasteiger partial charge >= 0.3 is 0 Å². The van der Waals surface area contributed by atoms with Crippen molar-refractivity contribution in [2.24, 2.45) is 5.41 Å². The Kier molecular flexibility index (Phi) is 4.87. The van der Waals surface area contributed by atoms with Crippen LogP contribution >= 0.6 is 0 Å². The second-order valence-corrected chi connectivity index (χ2v) is 5.28. The molecule has 0 saturated carbocycles. The van der Waals surface area contributed by atoms with Crippen molar-refractivity contribution >= 4 is 0 Å². The molecular formula is C13H22N2O2. The first kappa shape index (κ1) is 13.9. The summed E-state index contributed by atoms with van der Waals surface area (Å²) < 4.78 is 5.41. The number of hydrogen-bond donors (Lipinski definition) is 1. The van der Waals surface area contributed by atoms with Crippen LogP contribution in [0.2, 0.25) is 0 Å². The van der Waals surface area contributed by atoms with Gasteiger partial charge in [-0.05, 0) is 11.8 Å². The molecule has 0 spiro atoms. The first-order valence-corrected chi connectivity index (χ1v) is 6.05. The van der Waals surface area contributed by atoms with Crippen molar-refractivity contribution in [3.8, 4) is 5.88 Å². The van der Waals surface area contributed by atoms with Crippen molar-refractivity contribution in [3.05, 3.63) is 18.1 Å². The van der Waals surface area contributed by atoms with Crippen molar-refractivity contribution in [1.29, 1.82) is 0 Å². The monoisotopic (exact) mass is 238 g/mol. The minimum Gasteiger partial charge on any atom is -0.477 e. The summed E-state index contributed by atoms with van der Waals surface area (Å²) in [4.78, 5) is 8.39. The van der Waals surface area contributed by atoms with E-state index in [1.165, 1.54) is 0 Å². The van der Waals surface area contributed by atoms with Crippen molar-refractivity contribution < 1.29 is 9.84 Å². The van der Waals surface area contributed by atoms with Crippen LogP contribution in [-0.4, -0.2) is 27.8 Å². The average molecular weight is 238 g/mol. The smallest absolute Gasteiger partial charge is 0.232 e. The molecule has 1 rings (SSSR count). The molecule has 0 fully saturated rings. The highest BCUT2D eigenvalue weighted by Crippen LogP contribution is 2.22. The molecule has 1 atom stereocenters. The summed E-state index contributed by atoms with van der Waals surface area (Å²) in [6.45, 7) is 8.69. The zero-order valence-corrected chi connectivity index (χ0v) is 11.1. The van der Waals surface area contributed by atoms with Gasteiger partial charge in [0.15, 0.2) is 0 Å². The summed E-state index contributed by atoms with van der Waals surface area (Å²) in [5, 5.41) is 10.00. The van der Waals surface area contributed by atoms with Crippen molar-refractivity contribution in [2.75, 3.05) is 6.61 Å². The molecule has 1 aromatic rings. The van der Waals surface area contributed by atoms with Crippen LogP contribution in [0, 0.1) is 5.41 Å². The maximum absolute atomic E-state index is 10.00. The molecule has 4 nitrogen and oxygen atoms in total. The van der Waals surface area contributed by atoms with E-state index in [0.29, 0.717) is 18.9 Å². The van der Waals surface area contributed by atoms with Crippen LogP contribution in [-0.2, 0) is 6.42 Å². The van der Waals surface area contributed by atoms with Gasteiger partial charge in [-0.2, -0.15) is 0 Å². The molecule has 96 valence electrons. The van der Waals surface area contributed by atoms with Gasteiger partial charge in [-0.25, -0.2) is 4.98 Å². The minimum absolute atomic E-state index is 0.151. The molecule has 0 saturated heterocycles. The molecule has 1 unspecified atom stereocenters. The molecule has 0 radical (unpaired) electrons. The Bertz CT molecular complexity index is 348. The number of aliphatic hydroxyl groups excluding tert-OH is 1. The van der Waals surface area contributed by atoms with Crippen LogP contribution in [0.3, 0.4) is 0 Å². The molecule has 0 aliphatic carbocycles. The van der Waals surface area contributed by atoms with Gasteiger partial charge in [0.05, 0.1) is 24.6 Å². The van der Waals surface area contributed by atoms with Gasteiger partial charge in [0.2, 0.25) is 5.88 Å². The molecule has 0 aliphatic heterocycles. The average Bonchev–Trinajstić information content (AvgIpc) is 2.25. The molecule has 1 heterocycles. The first-order chi connectivity index (χ1) is 7.93. The fourth-order valence-corrected chi connectivity index (χ4v) is 1.27. The third kappa shape index (κ3) is 4.69. The van der Waals surface area contributed by atoms with Crippen LogP contribution in [0.25, 0.3) is 0 Å². The normalized spacial score (nSPS) is 13.5. The number of rotatable bonds is 5. The molecule has 0 aliphatic rings. The van der Waals surface area contributed by atoms with E-state index in [0.717, 1.165) is 12.1 Å². The Morgan fingerprint density at radius 2 is 2.06 bits per heavy atom. The van der Waals surface area contributed by atoms with Crippen molar-refractivity contribution in [1.82, 2.24) is 9.97 Å². The van der Waals surface area contributed by atoms with Crippen LogP contribution in [0.5, 0.6) is 5.88 Å². The number of ether oxygens (including phenoxy) is 1. The molecule has 1 aromatic heterocycles. The minimum atomic E-state index is -0.432. The Morgan fingerprint density at radius 1 is 1.35 bits per heavy atom. The van der Waals surface area contributed by atoms with Gasteiger partial charge in [-0.15, -0.1) is 0 Å². The predicted octanol–water partition coefficient (Wildman–Crippen LogP) is 2.21. The summed E-state index contributed by atoms with van der Waals surface area (Å²) in [5.41, 5.74) is 0.614. The Balaban J connectivity index is 2.65. The zero-order chi connectivity index (χ0) is 12.9. The van der Waals surface area contributed by atoms with E-state index in [2.05, 4.69) is 9.97 Å². The third-order valence-corrected chi connectivity index (χ3v) is 2.52. The zero-order valence-electron chi connectivity index (χ0n) is 11.1. The SMILES string of the molecule is CCCOc1cncc(CC(O)C(C)(C)C)n1. The summed E-state index contributed by atoms with van der Waals surface area (Å²) in [5.74, 6) is 0.533. The molecule has 17 heavy (non-hydrogen) atoms. The highest BCUT2D eigenvalue weighted by molar-refractivity contribution is 5.09. The van der Waals surface area contributed by atoms with Gasteiger partial charge in [-0.3, -0.25) is 4.98 Å². The second-order valence-electron chi connectivity index (χ2n) is 5.28. The molecule has 4 heteroatoms. The van der Waals surface area contributed by atoms with Crippen molar-refractivity contribution in [3.63, 3.8) is 0 Å². The van der Waals surface area contributed by atoms with E-state index in [9.17, 15) is 5.11 Å². The van der Waals surface area contributed by atoms with E-state index < -0.39 is 6.10 Å². The lowest BCUT2D eigenvalue weighted by molar-refractivity contribution is 0.0625. The molecule has 0 bridgehead atoms. The van der Waals surface area contributed by atoms with Gasteiger partial charge in [0, 0.05) is 12.6 Å². The van der Waals surface area contributed by atoms with Crippen molar-refractivity contribution in [2.45, 2.75) is 46.6 Å². The lowest BCUT2D eigenvalue weighted by Crippen LogP contribution is -2.28. The third-order valence-electron chi connectivity index (χ3n) is 2.52. The Morgan fingerprint density at radius 3 is 2.65 bits per heavy atom. The van der Waals surface area contributed by atoms with Gasteiger partial charge in [-0.1, -0.05) is 27.7 Å². The largest absolute Gasteiger partial charge is 0.477 e. The van der Waals surface area contributed by atoms with Gasteiger partial charge in [0.25, 0.3) is 0 Å². The fraction of sp³-hybridized carbons (Fsp3) is 0.692. The van der Waals surface area contributed by atoms with E-state index in [1.54, 1.807) is 12.4 Å². The predicted molar refractivity (Wildman–Crippen MR) is 67.0 cm³/mol. The van der Waals surface area contributed by atoms with E-state index >= 15 is 0 Å². The Labute approximate surface area is 103 Å². The lowest BCUT2D eigenvalue weighted by Gasteiger charge is -2.25. The summed E-state index contributed by atoms with van der Waals surface area (Å²) in [7, 11) is 0. The summed E-state index contributed by atoms with van der Waals surface area (Å²) >= 11 is 0. The molecule has 0 amide bonds. The highest BCUT2D eigenvalue weighted by atomic mass is 16.5. The van der Waals surface area contributed by atoms with Crippen LogP contribution < -0.4 is 4.74 Å². The number of aliphatic hydroxyl groups is 1. The van der Waals surface area contributed by atoms with Gasteiger partial charge < -0.3 is 9.84 Å². The molecule has 1 N–H and O–H groups in total. The van der Waals surface area contributed by atoms with Gasteiger partial charge in [0.1, 0.15) is 0 Å². The fourth-order valence-electron chi connectivity index (χ4n) is 1.27. The topological polar surface area (TPSA) is 55.2 Å². The number of aromatic nitrogens is 2. The van der Waals surface area contributed by atoms with E-state index in [-0.39, 0.29) is 5.41 Å².